The van der Waals surface area contributed by atoms with Crippen LogP contribution < -0.4 is 11.1 Å². The van der Waals surface area contributed by atoms with Gasteiger partial charge in [0.05, 0.1) is 13.2 Å². The second-order valence-corrected chi connectivity index (χ2v) is 5.72. The molecule has 0 aliphatic rings. The van der Waals surface area contributed by atoms with Crippen LogP contribution in [0.1, 0.15) is 18.5 Å². The second kappa shape index (κ2) is 8.41. The minimum absolute atomic E-state index is 0.567. The molecule has 1 unspecified atom stereocenters. The standard InChI is InChI=1S/C19H22N2O4/c1-12(22)16(20)18(23)21-17(19(24)25-2)15-10-8-14(9-11-15)13-6-4-3-5-7-13/h3-12,16-17,22H,20H2,1-2H3,(H,21,23)/t12-,16+,17?/m1/s1. The van der Waals surface area contributed by atoms with Crippen molar-refractivity contribution < 1.29 is 19.4 Å². The molecule has 6 nitrogen and oxygen atoms in total. The summed E-state index contributed by atoms with van der Waals surface area (Å²) in [5.41, 5.74) is 8.21. The average Bonchev–Trinajstić information content (AvgIpc) is 2.65. The first-order valence-electron chi connectivity index (χ1n) is 7.91. The van der Waals surface area contributed by atoms with Gasteiger partial charge < -0.3 is 20.9 Å². The molecule has 0 saturated carbocycles. The first-order chi connectivity index (χ1) is 11.9. The molecule has 2 rings (SSSR count). The molecule has 2 aromatic carbocycles. The van der Waals surface area contributed by atoms with Crippen LogP contribution in [0.25, 0.3) is 11.1 Å². The number of hydrogen-bond acceptors (Lipinski definition) is 5. The van der Waals surface area contributed by atoms with Gasteiger partial charge in [0.25, 0.3) is 0 Å². The largest absolute Gasteiger partial charge is 0.467 e. The fourth-order valence-electron chi connectivity index (χ4n) is 2.35. The van der Waals surface area contributed by atoms with E-state index in [2.05, 4.69) is 5.32 Å². The summed E-state index contributed by atoms with van der Waals surface area (Å²) in [5, 5.41) is 12.0. The Morgan fingerprint density at radius 3 is 2.12 bits per heavy atom. The third-order valence-electron chi connectivity index (χ3n) is 3.90. The summed E-state index contributed by atoms with van der Waals surface area (Å²) in [4.78, 5) is 24.1. The average molecular weight is 342 g/mol. The van der Waals surface area contributed by atoms with Gasteiger partial charge in [-0.3, -0.25) is 4.79 Å². The molecule has 0 aliphatic carbocycles. The van der Waals surface area contributed by atoms with Gasteiger partial charge in [0, 0.05) is 0 Å². The number of hydrogen-bond donors (Lipinski definition) is 3. The van der Waals surface area contributed by atoms with E-state index in [0.717, 1.165) is 11.1 Å². The third-order valence-corrected chi connectivity index (χ3v) is 3.90. The first-order valence-corrected chi connectivity index (χ1v) is 7.91. The highest BCUT2D eigenvalue weighted by Crippen LogP contribution is 2.22. The number of benzene rings is 2. The molecule has 0 aliphatic heterocycles. The Kier molecular flexibility index (Phi) is 6.27. The minimum Gasteiger partial charge on any atom is -0.467 e. The van der Waals surface area contributed by atoms with Crippen molar-refractivity contribution in [2.75, 3.05) is 7.11 Å². The lowest BCUT2D eigenvalue weighted by Gasteiger charge is -2.21. The van der Waals surface area contributed by atoms with Gasteiger partial charge in [-0.15, -0.1) is 0 Å². The number of carbonyl (C=O) groups excluding carboxylic acids is 2. The van der Waals surface area contributed by atoms with Crippen molar-refractivity contribution in [3.05, 3.63) is 60.2 Å². The molecule has 0 saturated heterocycles. The summed E-state index contributed by atoms with van der Waals surface area (Å²) in [7, 11) is 1.24. The fourth-order valence-corrected chi connectivity index (χ4v) is 2.35. The summed E-state index contributed by atoms with van der Waals surface area (Å²) in [6.07, 6.45) is -1.03. The highest BCUT2D eigenvalue weighted by molar-refractivity contribution is 5.88. The quantitative estimate of drug-likeness (QED) is 0.689. The van der Waals surface area contributed by atoms with Crippen LogP contribution >= 0.6 is 0 Å². The van der Waals surface area contributed by atoms with E-state index in [4.69, 9.17) is 10.5 Å². The zero-order valence-electron chi connectivity index (χ0n) is 14.2. The van der Waals surface area contributed by atoms with E-state index in [1.54, 1.807) is 12.1 Å². The molecule has 1 amide bonds. The maximum atomic E-state index is 12.1. The highest BCUT2D eigenvalue weighted by atomic mass is 16.5. The number of nitrogens with one attached hydrogen (secondary N) is 1. The number of ether oxygens (including phenoxy) is 1. The van der Waals surface area contributed by atoms with Crippen LogP contribution in [0.4, 0.5) is 0 Å². The lowest BCUT2D eigenvalue weighted by molar-refractivity contribution is -0.145. The van der Waals surface area contributed by atoms with Crippen molar-refractivity contribution in [1.29, 1.82) is 0 Å². The van der Waals surface area contributed by atoms with Crippen molar-refractivity contribution >= 4 is 11.9 Å². The van der Waals surface area contributed by atoms with Gasteiger partial charge in [-0.05, 0) is 23.6 Å². The van der Waals surface area contributed by atoms with E-state index < -0.39 is 30.1 Å². The van der Waals surface area contributed by atoms with Crippen LogP contribution in [0.5, 0.6) is 0 Å². The molecule has 2 aromatic rings. The summed E-state index contributed by atoms with van der Waals surface area (Å²) in [6.45, 7) is 1.41. The normalized spacial score (nSPS) is 14.2. The first kappa shape index (κ1) is 18.6. The second-order valence-electron chi connectivity index (χ2n) is 5.72. The summed E-state index contributed by atoms with van der Waals surface area (Å²) < 4.78 is 4.77. The Morgan fingerprint density at radius 2 is 1.60 bits per heavy atom. The number of methoxy groups -OCH3 is 1. The smallest absolute Gasteiger partial charge is 0.333 e. The topological polar surface area (TPSA) is 102 Å². The zero-order valence-corrected chi connectivity index (χ0v) is 14.2. The Balaban J connectivity index is 2.23. The fraction of sp³-hybridized carbons (Fsp3) is 0.263. The van der Waals surface area contributed by atoms with Gasteiger partial charge >= 0.3 is 5.97 Å². The van der Waals surface area contributed by atoms with Crippen LogP contribution in [-0.4, -0.2) is 36.2 Å². The SMILES string of the molecule is COC(=O)C(NC(=O)[C@@H](N)[C@@H](C)O)c1ccc(-c2ccccc2)cc1. The number of rotatable bonds is 6. The summed E-state index contributed by atoms with van der Waals surface area (Å²) >= 11 is 0. The zero-order chi connectivity index (χ0) is 18.4. The Morgan fingerprint density at radius 1 is 1.04 bits per heavy atom. The maximum Gasteiger partial charge on any atom is 0.333 e. The van der Waals surface area contributed by atoms with Crippen molar-refractivity contribution in [3.63, 3.8) is 0 Å². The Hall–Kier alpha value is -2.70. The van der Waals surface area contributed by atoms with Crippen LogP contribution in [0.2, 0.25) is 0 Å². The van der Waals surface area contributed by atoms with E-state index in [1.165, 1.54) is 14.0 Å². The van der Waals surface area contributed by atoms with Crippen LogP contribution in [0.15, 0.2) is 54.6 Å². The van der Waals surface area contributed by atoms with Gasteiger partial charge in [-0.1, -0.05) is 54.6 Å². The molecule has 0 radical (unpaired) electrons. The van der Waals surface area contributed by atoms with Gasteiger partial charge in [0.15, 0.2) is 6.04 Å². The lowest BCUT2D eigenvalue weighted by atomic mass is 10.0. The molecule has 3 atom stereocenters. The van der Waals surface area contributed by atoms with Gasteiger partial charge in [-0.2, -0.15) is 0 Å². The van der Waals surface area contributed by atoms with Crippen molar-refractivity contribution in [2.24, 2.45) is 5.73 Å². The predicted molar refractivity (Wildman–Crippen MR) is 94.4 cm³/mol. The van der Waals surface area contributed by atoms with Crippen LogP contribution in [0, 0.1) is 0 Å². The van der Waals surface area contributed by atoms with Gasteiger partial charge in [0.2, 0.25) is 5.91 Å². The lowest BCUT2D eigenvalue weighted by Crippen LogP contribution is -2.49. The number of aliphatic hydroxyl groups excluding tert-OH is 1. The molecule has 25 heavy (non-hydrogen) atoms. The van der Waals surface area contributed by atoms with E-state index in [9.17, 15) is 14.7 Å². The van der Waals surface area contributed by atoms with Gasteiger partial charge in [-0.25, -0.2) is 4.79 Å². The van der Waals surface area contributed by atoms with E-state index in [-0.39, 0.29) is 0 Å². The molecular weight excluding hydrogens is 320 g/mol. The molecule has 0 spiro atoms. The monoisotopic (exact) mass is 342 g/mol. The van der Waals surface area contributed by atoms with E-state index >= 15 is 0 Å². The number of aliphatic hydroxyl groups is 1. The number of esters is 1. The van der Waals surface area contributed by atoms with Crippen molar-refractivity contribution in [3.8, 4) is 11.1 Å². The molecule has 6 heteroatoms. The van der Waals surface area contributed by atoms with Crippen molar-refractivity contribution in [1.82, 2.24) is 5.32 Å². The number of carbonyl (C=O) groups is 2. The van der Waals surface area contributed by atoms with E-state index in [0.29, 0.717) is 5.56 Å². The Bertz CT molecular complexity index is 714. The summed E-state index contributed by atoms with van der Waals surface area (Å²) in [6, 6.07) is 14.9. The molecule has 0 heterocycles. The minimum atomic E-state index is -1.13. The van der Waals surface area contributed by atoms with Crippen LogP contribution in [-0.2, 0) is 14.3 Å². The molecule has 0 fully saturated rings. The third kappa shape index (κ3) is 4.65. The molecular formula is C19H22N2O4. The molecule has 0 aromatic heterocycles. The molecule has 4 N–H and O–H groups in total. The number of amides is 1. The predicted octanol–water partition coefficient (Wildman–Crippen LogP) is 1.39. The maximum absolute atomic E-state index is 12.1. The summed E-state index contributed by atoms with van der Waals surface area (Å²) in [5.74, 6) is -1.24. The number of nitrogens with two attached hydrogens (primary N) is 1. The van der Waals surface area contributed by atoms with Crippen molar-refractivity contribution in [2.45, 2.75) is 25.1 Å². The highest BCUT2D eigenvalue weighted by Gasteiger charge is 2.27. The molecule has 132 valence electrons. The Labute approximate surface area is 146 Å². The van der Waals surface area contributed by atoms with Crippen LogP contribution in [0.3, 0.4) is 0 Å². The molecule has 0 bridgehead atoms. The van der Waals surface area contributed by atoms with Gasteiger partial charge in [0.1, 0.15) is 6.04 Å². The van der Waals surface area contributed by atoms with E-state index in [1.807, 2.05) is 42.5 Å².